The minimum atomic E-state index is -0.993. The van der Waals surface area contributed by atoms with Gasteiger partial charge in [0.1, 0.15) is 6.04 Å². The van der Waals surface area contributed by atoms with Gasteiger partial charge in [0, 0.05) is 38.4 Å². The van der Waals surface area contributed by atoms with Crippen molar-refractivity contribution in [2.45, 2.75) is 104 Å². The molecule has 0 saturated carbocycles. The second-order valence-corrected chi connectivity index (χ2v) is 12.9. The van der Waals surface area contributed by atoms with Gasteiger partial charge >= 0.3 is 5.97 Å². The van der Waals surface area contributed by atoms with Crippen molar-refractivity contribution >= 4 is 35.0 Å². The van der Waals surface area contributed by atoms with Crippen molar-refractivity contribution in [3.8, 4) is 10.4 Å². The maximum Gasteiger partial charge on any atom is 0.303 e. The van der Waals surface area contributed by atoms with Gasteiger partial charge in [-0.3, -0.25) is 19.2 Å². The molecule has 11 heteroatoms. The normalized spacial score (nSPS) is 17.5. The van der Waals surface area contributed by atoms with E-state index in [9.17, 15) is 24.3 Å². The van der Waals surface area contributed by atoms with Crippen molar-refractivity contribution in [3.05, 3.63) is 41.0 Å². The Labute approximate surface area is 258 Å². The molecule has 0 unspecified atom stereocenters. The van der Waals surface area contributed by atoms with Gasteiger partial charge in [-0.1, -0.05) is 43.5 Å². The number of rotatable bonds is 16. The summed E-state index contributed by atoms with van der Waals surface area (Å²) >= 11 is 1.60. The van der Waals surface area contributed by atoms with Crippen LogP contribution in [0.25, 0.3) is 10.4 Å². The molecule has 1 aliphatic rings. The second-order valence-electron chi connectivity index (χ2n) is 12.0. The molecule has 43 heavy (non-hydrogen) atoms. The molecule has 3 rings (SSSR count). The number of aliphatic carboxylic acids is 1. The number of carbonyl (C=O) groups is 4. The van der Waals surface area contributed by atoms with E-state index in [1.807, 2.05) is 24.6 Å². The smallest absolute Gasteiger partial charge is 0.303 e. The number of thiazole rings is 1. The van der Waals surface area contributed by atoms with E-state index in [1.54, 1.807) is 32.1 Å². The molecule has 3 amide bonds. The van der Waals surface area contributed by atoms with Crippen molar-refractivity contribution in [3.63, 3.8) is 0 Å². The van der Waals surface area contributed by atoms with Crippen molar-refractivity contribution in [2.75, 3.05) is 13.1 Å². The third-order valence-corrected chi connectivity index (χ3v) is 9.30. The molecule has 1 aliphatic heterocycles. The number of nitrogens with one attached hydrogen (secondary N) is 2. The van der Waals surface area contributed by atoms with E-state index < -0.39 is 29.6 Å². The number of hydrogen-bond donors (Lipinski definition) is 4. The van der Waals surface area contributed by atoms with Crippen molar-refractivity contribution in [1.29, 1.82) is 0 Å². The Morgan fingerprint density at radius 1 is 1.07 bits per heavy atom. The molecule has 1 fully saturated rings. The van der Waals surface area contributed by atoms with E-state index in [0.717, 1.165) is 41.0 Å². The molecular formula is C32H46N4O6S. The van der Waals surface area contributed by atoms with Crippen LogP contribution in [0.3, 0.4) is 0 Å². The van der Waals surface area contributed by atoms with E-state index in [-0.39, 0.29) is 37.1 Å². The van der Waals surface area contributed by atoms with E-state index in [2.05, 4.69) is 27.8 Å². The van der Waals surface area contributed by atoms with Gasteiger partial charge in [0.25, 0.3) is 0 Å². The topological polar surface area (TPSA) is 149 Å². The van der Waals surface area contributed by atoms with Crippen LogP contribution in [0.2, 0.25) is 0 Å². The third kappa shape index (κ3) is 9.86. The average molecular weight is 615 g/mol. The van der Waals surface area contributed by atoms with Gasteiger partial charge in [-0.2, -0.15) is 0 Å². The number of aryl methyl sites for hydroxylation is 1. The predicted octanol–water partition coefficient (Wildman–Crippen LogP) is 4.09. The molecule has 1 saturated heterocycles. The zero-order valence-corrected chi connectivity index (χ0v) is 26.5. The maximum absolute atomic E-state index is 13.6. The summed E-state index contributed by atoms with van der Waals surface area (Å²) in [6.45, 7) is 7.74. The zero-order valence-electron chi connectivity index (χ0n) is 25.7. The van der Waals surface area contributed by atoms with Gasteiger partial charge in [-0.15, -0.1) is 11.3 Å². The first-order chi connectivity index (χ1) is 20.4. The van der Waals surface area contributed by atoms with Crippen molar-refractivity contribution in [1.82, 2.24) is 20.5 Å². The van der Waals surface area contributed by atoms with Gasteiger partial charge < -0.3 is 25.7 Å². The van der Waals surface area contributed by atoms with E-state index in [4.69, 9.17) is 5.11 Å². The molecule has 236 valence electrons. The van der Waals surface area contributed by atoms with Crippen LogP contribution in [0.15, 0.2) is 29.8 Å². The van der Waals surface area contributed by atoms with Gasteiger partial charge in [-0.25, -0.2) is 4.98 Å². The zero-order chi connectivity index (χ0) is 31.6. The van der Waals surface area contributed by atoms with Crippen LogP contribution in [0.4, 0.5) is 0 Å². The van der Waals surface area contributed by atoms with Crippen LogP contribution in [0, 0.1) is 12.3 Å². The monoisotopic (exact) mass is 614 g/mol. The van der Waals surface area contributed by atoms with Gasteiger partial charge in [0.05, 0.1) is 27.6 Å². The van der Waals surface area contributed by atoms with E-state index >= 15 is 0 Å². The molecular weight excluding hydrogens is 568 g/mol. The van der Waals surface area contributed by atoms with Crippen LogP contribution >= 0.6 is 11.3 Å². The summed E-state index contributed by atoms with van der Waals surface area (Å²) in [6, 6.07) is 6.92. The Kier molecular flexibility index (Phi) is 12.7. The maximum atomic E-state index is 13.6. The molecule has 1 aromatic heterocycles. The minimum Gasteiger partial charge on any atom is -0.481 e. The number of benzene rings is 1. The standard InChI is InChI=1S/C32H46N4O6S/c1-21-29(43-20-34-21)24-14-12-23(13-15-24)16-17-33-30(41)26-18-25(37)19-36(26)31(42)32(3,4)22(2)35-27(38)10-8-6-5-7-9-11-28(39)40/h12-15,20,22,25-26,37H,5-11,16-19H2,1-4H3,(H,33,41)(H,35,38)(H,39,40)/t22-,25+,26-/m0/s1. The number of hydrogen-bond acceptors (Lipinski definition) is 7. The number of amides is 3. The summed E-state index contributed by atoms with van der Waals surface area (Å²) in [4.78, 5) is 56.8. The number of likely N-dealkylation sites (tertiary alicyclic amines) is 1. The molecule has 0 aliphatic carbocycles. The molecule has 0 radical (unpaired) electrons. The van der Waals surface area contributed by atoms with E-state index in [1.165, 1.54) is 4.90 Å². The Balaban J connectivity index is 1.46. The van der Waals surface area contributed by atoms with Gasteiger partial charge in [0.2, 0.25) is 17.7 Å². The fraction of sp³-hybridized carbons (Fsp3) is 0.594. The first-order valence-corrected chi connectivity index (χ1v) is 16.1. The number of aliphatic hydroxyl groups excluding tert-OH is 1. The number of aromatic nitrogens is 1. The highest BCUT2D eigenvalue weighted by molar-refractivity contribution is 7.13. The summed E-state index contributed by atoms with van der Waals surface area (Å²) in [5, 5.41) is 24.9. The molecule has 4 N–H and O–H groups in total. The largest absolute Gasteiger partial charge is 0.481 e. The molecule has 10 nitrogen and oxygen atoms in total. The first-order valence-electron chi connectivity index (χ1n) is 15.2. The Hall–Kier alpha value is -3.31. The molecule has 0 spiro atoms. The third-order valence-electron chi connectivity index (χ3n) is 8.32. The number of carboxylic acid groups (broad SMARTS) is 1. The van der Waals surface area contributed by atoms with E-state index in [0.29, 0.717) is 32.2 Å². The Morgan fingerprint density at radius 2 is 1.72 bits per heavy atom. The number of aliphatic hydroxyl groups is 1. The average Bonchev–Trinajstić information content (AvgIpc) is 3.57. The SMILES string of the molecule is Cc1ncsc1-c1ccc(CCNC(=O)[C@@H]2C[C@@H](O)CN2C(=O)C(C)(C)[C@H](C)NC(=O)CCCCCCCC(=O)O)cc1. The molecule has 2 aromatic rings. The summed E-state index contributed by atoms with van der Waals surface area (Å²) in [5.41, 5.74) is 4.03. The summed E-state index contributed by atoms with van der Waals surface area (Å²) in [6.07, 6.45) is 4.37. The summed E-state index contributed by atoms with van der Waals surface area (Å²) in [5.74, 6) is -1.52. The number of carbonyl (C=O) groups excluding carboxylic acids is 3. The van der Waals surface area contributed by atoms with Crippen molar-refractivity contribution in [2.24, 2.45) is 5.41 Å². The predicted molar refractivity (Wildman–Crippen MR) is 166 cm³/mol. The number of β-amino-alcohol motifs (C(OH)–C–C–N with tert-alkyl or cyclic N) is 1. The number of nitrogens with zero attached hydrogens (tertiary/aromatic N) is 2. The lowest BCUT2D eigenvalue weighted by molar-refractivity contribution is -0.147. The van der Waals surface area contributed by atoms with Gasteiger partial charge in [-0.05, 0) is 58.1 Å². The Bertz CT molecular complexity index is 1240. The number of carboxylic acids is 1. The highest BCUT2D eigenvalue weighted by atomic mass is 32.1. The molecule has 1 aromatic carbocycles. The lowest BCUT2D eigenvalue weighted by atomic mass is 9.83. The molecule has 2 heterocycles. The number of unbranched alkanes of at least 4 members (excludes halogenated alkanes) is 4. The minimum absolute atomic E-state index is 0.0708. The summed E-state index contributed by atoms with van der Waals surface area (Å²) in [7, 11) is 0. The van der Waals surface area contributed by atoms with Gasteiger partial charge in [0.15, 0.2) is 0 Å². The van der Waals surface area contributed by atoms with Crippen LogP contribution in [0.5, 0.6) is 0 Å². The highest BCUT2D eigenvalue weighted by Gasteiger charge is 2.46. The quantitative estimate of drug-likeness (QED) is 0.208. The lowest BCUT2D eigenvalue weighted by Crippen LogP contribution is -2.55. The highest BCUT2D eigenvalue weighted by Crippen LogP contribution is 2.30. The van der Waals surface area contributed by atoms with Crippen LogP contribution in [-0.4, -0.2) is 75.1 Å². The molecule has 0 bridgehead atoms. The van der Waals surface area contributed by atoms with Crippen LogP contribution in [0.1, 0.15) is 83.4 Å². The van der Waals surface area contributed by atoms with Crippen molar-refractivity contribution < 1.29 is 29.4 Å². The Morgan fingerprint density at radius 3 is 2.35 bits per heavy atom. The second kappa shape index (κ2) is 16.0. The molecule has 3 atom stereocenters. The van der Waals surface area contributed by atoms with Crippen LogP contribution < -0.4 is 10.6 Å². The lowest BCUT2D eigenvalue weighted by Gasteiger charge is -2.36. The fourth-order valence-corrected chi connectivity index (χ4v) is 6.09. The first kappa shape index (κ1) is 34.2. The summed E-state index contributed by atoms with van der Waals surface area (Å²) < 4.78 is 0. The van der Waals surface area contributed by atoms with Crippen LogP contribution in [-0.2, 0) is 25.6 Å². The fourth-order valence-electron chi connectivity index (χ4n) is 5.28.